The molecule has 16 heavy (non-hydrogen) atoms. The first kappa shape index (κ1) is 13.5. The van der Waals surface area contributed by atoms with Crippen LogP contribution in [-0.4, -0.2) is 24.0 Å². The first-order valence-corrected chi connectivity index (χ1v) is 5.92. The van der Waals surface area contributed by atoms with Gasteiger partial charge in [0.1, 0.15) is 0 Å². The number of nitrogens with two attached hydrogens (primary N) is 1. The number of benzene rings is 1. The Morgan fingerprint density at radius 1 is 1.31 bits per heavy atom. The molecule has 0 saturated carbocycles. The van der Waals surface area contributed by atoms with E-state index >= 15 is 0 Å². The average molecular weight is 241 g/mol. The largest absolute Gasteiger partial charge is 0.324 e. The minimum atomic E-state index is -0.171. The summed E-state index contributed by atoms with van der Waals surface area (Å²) < 4.78 is 0. The van der Waals surface area contributed by atoms with Crippen molar-refractivity contribution in [2.45, 2.75) is 32.4 Å². The highest BCUT2D eigenvalue weighted by Gasteiger charge is 2.18. The molecular weight excluding hydrogens is 220 g/mol. The van der Waals surface area contributed by atoms with Gasteiger partial charge in [-0.1, -0.05) is 23.7 Å². The topological polar surface area (TPSA) is 29.3 Å². The molecule has 3 heteroatoms. The number of hydrogen-bond acceptors (Lipinski definition) is 2. The van der Waals surface area contributed by atoms with Gasteiger partial charge in [-0.15, -0.1) is 0 Å². The second-order valence-corrected chi connectivity index (χ2v) is 5.57. The first-order chi connectivity index (χ1) is 7.29. The Labute approximate surface area is 103 Å². The lowest BCUT2D eigenvalue weighted by Gasteiger charge is -2.31. The maximum absolute atomic E-state index is 6.01. The van der Waals surface area contributed by atoms with Crippen LogP contribution >= 0.6 is 11.6 Å². The van der Waals surface area contributed by atoms with Crippen LogP contribution in [-0.2, 0) is 0 Å². The molecule has 0 amide bonds. The van der Waals surface area contributed by atoms with E-state index in [2.05, 4.69) is 31.0 Å². The summed E-state index contributed by atoms with van der Waals surface area (Å²) in [7, 11) is 2.09. The predicted octanol–water partition coefficient (Wildman–Crippen LogP) is 3.07. The normalized spacial score (nSPS) is 14.2. The fourth-order valence-electron chi connectivity index (χ4n) is 1.78. The van der Waals surface area contributed by atoms with Gasteiger partial charge in [0.15, 0.2) is 0 Å². The third kappa shape index (κ3) is 4.12. The van der Waals surface area contributed by atoms with Crippen LogP contribution in [0.5, 0.6) is 0 Å². The fourth-order valence-corrected chi connectivity index (χ4v) is 1.90. The minimum absolute atomic E-state index is 0.171. The van der Waals surface area contributed by atoms with Crippen LogP contribution in [0.4, 0.5) is 0 Å². The van der Waals surface area contributed by atoms with Gasteiger partial charge >= 0.3 is 0 Å². The SMILES string of the molecule is CC(c1ccc(Cl)cc1)N(C)CC(C)(C)N. The highest BCUT2D eigenvalue weighted by atomic mass is 35.5. The molecule has 1 rings (SSSR count). The summed E-state index contributed by atoms with van der Waals surface area (Å²) in [4.78, 5) is 2.25. The van der Waals surface area contributed by atoms with Crippen molar-refractivity contribution < 1.29 is 0 Å². The molecule has 0 aliphatic carbocycles. The molecule has 90 valence electrons. The van der Waals surface area contributed by atoms with Crippen LogP contribution in [0.1, 0.15) is 32.4 Å². The fraction of sp³-hybridized carbons (Fsp3) is 0.538. The molecule has 0 saturated heterocycles. The van der Waals surface area contributed by atoms with Crippen molar-refractivity contribution in [2.24, 2.45) is 5.73 Å². The van der Waals surface area contributed by atoms with Crippen molar-refractivity contribution in [3.63, 3.8) is 0 Å². The van der Waals surface area contributed by atoms with Gasteiger partial charge in [0.25, 0.3) is 0 Å². The Morgan fingerprint density at radius 3 is 2.25 bits per heavy atom. The lowest BCUT2D eigenvalue weighted by Crippen LogP contribution is -2.44. The van der Waals surface area contributed by atoms with Gasteiger partial charge in [-0.05, 0) is 45.5 Å². The van der Waals surface area contributed by atoms with Crippen molar-refractivity contribution in [2.75, 3.05) is 13.6 Å². The second kappa shape index (κ2) is 5.17. The minimum Gasteiger partial charge on any atom is -0.324 e. The van der Waals surface area contributed by atoms with E-state index in [1.807, 2.05) is 26.0 Å². The smallest absolute Gasteiger partial charge is 0.0406 e. The summed E-state index contributed by atoms with van der Waals surface area (Å²) in [5, 5.41) is 0.776. The third-order valence-corrected chi connectivity index (χ3v) is 2.92. The lowest BCUT2D eigenvalue weighted by atomic mass is 10.0. The Balaban J connectivity index is 2.70. The van der Waals surface area contributed by atoms with Crippen molar-refractivity contribution in [3.05, 3.63) is 34.9 Å². The molecule has 1 aromatic carbocycles. The number of rotatable bonds is 4. The number of hydrogen-bond donors (Lipinski definition) is 1. The van der Waals surface area contributed by atoms with Gasteiger partial charge in [-0.25, -0.2) is 0 Å². The Bertz CT molecular complexity index is 327. The molecule has 2 N–H and O–H groups in total. The van der Waals surface area contributed by atoms with Crippen LogP contribution in [0.2, 0.25) is 5.02 Å². The van der Waals surface area contributed by atoms with Gasteiger partial charge in [-0.2, -0.15) is 0 Å². The maximum atomic E-state index is 6.01. The van der Waals surface area contributed by atoms with Gasteiger partial charge in [-0.3, -0.25) is 4.90 Å². The zero-order chi connectivity index (χ0) is 12.3. The predicted molar refractivity (Wildman–Crippen MR) is 70.8 cm³/mol. The highest BCUT2D eigenvalue weighted by molar-refractivity contribution is 6.30. The van der Waals surface area contributed by atoms with Gasteiger partial charge in [0, 0.05) is 23.1 Å². The van der Waals surface area contributed by atoms with Crippen LogP contribution in [0.3, 0.4) is 0 Å². The Kier molecular flexibility index (Phi) is 4.36. The summed E-state index contributed by atoms with van der Waals surface area (Å²) in [5.41, 5.74) is 7.10. The van der Waals surface area contributed by atoms with Gasteiger partial charge in [0.05, 0.1) is 0 Å². The molecule has 0 spiro atoms. The Hall–Kier alpha value is -0.570. The summed E-state index contributed by atoms with van der Waals surface area (Å²) in [6, 6.07) is 8.32. The third-order valence-electron chi connectivity index (χ3n) is 2.67. The molecule has 2 nitrogen and oxygen atoms in total. The van der Waals surface area contributed by atoms with Crippen LogP contribution < -0.4 is 5.73 Å². The van der Waals surface area contributed by atoms with Crippen LogP contribution in [0.25, 0.3) is 0 Å². The van der Waals surface area contributed by atoms with Crippen molar-refractivity contribution in [3.8, 4) is 0 Å². The maximum Gasteiger partial charge on any atom is 0.0406 e. The number of likely N-dealkylation sites (N-methyl/N-ethyl adjacent to an activating group) is 1. The van der Waals surface area contributed by atoms with E-state index in [0.717, 1.165) is 11.6 Å². The monoisotopic (exact) mass is 240 g/mol. The number of halogens is 1. The summed E-state index contributed by atoms with van der Waals surface area (Å²) in [6.45, 7) is 7.11. The van der Waals surface area contributed by atoms with Crippen molar-refractivity contribution in [1.29, 1.82) is 0 Å². The van der Waals surface area contributed by atoms with Crippen LogP contribution in [0.15, 0.2) is 24.3 Å². The summed E-state index contributed by atoms with van der Waals surface area (Å²) >= 11 is 5.87. The standard InChI is InChI=1S/C13H21ClN2/c1-10(16(4)9-13(2,3)15)11-5-7-12(14)8-6-11/h5-8,10H,9,15H2,1-4H3. The van der Waals surface area contributed by atoms with Gasteiger partial charge in [0.2, 0.25) is 0 Å². The molecule has 0 aliphatic rings. The second-order valence-electron chi connectivity index (χ2n) is 5.13. The van der Waals surface area contributed by atoms with E-state index in [9.17, 15) is 0 Å². The van der Waals surface area contributed by atoms with E-state index in [-0.39, 0.29) is 5.54 Å². The molecule has 0 heterocycles. The van der Waals surface area contributed by atoms with E-state index in [1.54, 1.807) is 0 Å². The van der Waals surface area contributed by atoms with E-state index in [0.29, 0.717) is 6.04 Å². The molecule has 0 radical (unpaired) electrons. The zero-order valence-electron chi connectivity index (χ0n) is 10.5. The van der Waals surface area contributed by atoms with Crippen LogP contribution in [0, 0.1) is 0 Å². The van der Waals surface area contributed by atoms with E-state index in [1.165, 1.54) is 5.56 Å². The molecular formula is C13H21ClN2. The molecule has 0 aliphatic heterocycles. The van der Waals surface area contributed by atoms with Crippen molar-refractivity contribution >= 4 is 11.6 Å². The highest BCUT2D eigenvalue weighted by Crippen LogP contribution is 2.21. The summed E-state index contributed by atoms with van der Waals surface area (Å²) in [5.74, 6) is 0. The Morgan fingerprint density at radius 2 is 1.81 bits per heavy atom. The van der Waals surface area contributed by atoms with Gasteiger partial charge < -0.3 is 5.73 Å². The van der Waals surface area contributed by atoms with E-state index in [4.69, 9.17) is 17.3 Å². The summed E-state index contributed by atoms with van der Waals surface area (Å²) in [6.07, 6.45) is 0. The van der Waals surface area contributed by atoms with E-state index < -0.39 is 0 Å². The molecule has 1 unspecified atom stereocenters. The molecule has 0 aromatic heterocycles. The number of nitrogens with zero attached hydrogens (tertiary/aromatic N) is 1. The quantitative estimate of drug-likeness (QED) is 0.877. The zero-order valence-corrected chi connectivity index (χ0v) is 11.3. The molecule has 0 bridgehead atoms. The molecule has 0 fully saturated rings. The molecule has 1 atom stereocenters. The lowest BCUT2D eigenvalue weighted by molar-refractivity contribution is 0.215. The molecule has 1 aromatic rings. The van der Waals surface area contributed by atoms with Crippen molar-refractivity contribution in [1.82, 2.24) is 4.90 Å². The average Bonchev–Trinajstić information content (AvgIpc) is 2.15. The first-order valence-electron chi connectivity index (χ1n) is 5.54.